The molecule has 0 amide bonds. The van der Waals surface area contributed by atoms with Crippen molar-refractivity contribution >= 4 is 122 Å². The number of aliphatic hydroxyl groups is 2. The number of thioether (sulfide) groups is 8. The summed E-state index contributed by atoms with van der Waals surface area (Å²) in [6, 6.07) is 0. The molecule has 0 fully saturated rings. The molecule has 0 aliphatic rings. The van der Waals surface area contributed by atoms with Crippen molar-refractivity contribution in [1.82, 2.24) is 0 Å². The number of esters is 2. The number of hydrogen-bond acceptors (Lipinski definition) is 16. The third-order valence-electron chi connectivity index (χ3n) is 4.08. The summed E-state index contributed by atoms with van der Waals surface area (Å²) in [6.07, 6.45) is 2.05. The fourth-order valence-corrected chi connectivity index (χ4v) is 10.2. The van der Waals surface area contributed by atoms with Crippen LogP contribution in [0.15, 0.2) is 0 Å². The van der Waals surface area contributed by atoms with Gasteiger partial charge in [0.05, 0.1) is 24.7 Å². The van der Waals surface area contributed by atoms with Gasteiger partial charge in [-0.25, -0.2) is 0 Å². The summed E-state index contributed by atoms with van der Waals surface area (Å²) >= 11 is 11.1. The number of hydrogen-bond donors (Lipinski definition) is 2. The van der Waals surface area contributed by atoms with Crippen LogP contribution in [0.2, 0.25) is 0 Å². The molecule has 8 nitrogen and oxygen atoms in total. The zero-order valence-electron chi connectivity index (χ0n) is 22.0. The maximum atomic E-state index is 12.1. The average molecular weight is 721 g/mol. The van der Waals surface area contributed by atoms with E-state index in [1.807, 2.05) is 0 Å². The second-order valence-corrected chi connectivity index (χ2v) is 18.1. The van der Waals surface area contributed by atoms with Crippen molar-refractivity contribution in [2.45, 2.75) is 25.7 Å². The standard InChI is InChI=1S/C22H40O8S9/c23-14-34-18-36-16-29-20(25)2-6-31-5-1-12-39(28)13-11-33-9-10-38-22(27)4-8-32-7-3-21(26)30-17-37-19-35-15-24/h23-24H,1-19H2. The van der Waals surface area contributed by atoms with Crippen LogP contribution in [0.5, 0.6) is 0 Å². The van der Waals surface area contributed by atoms with Gasteiger partial charge in [0.25, 0.3) is 0 Å². The van der Waals surface area contributed by atoms with Crippen LogP contribution >= 0.6 is 94.1 Å². The van der Waals surface area contributed by atoms with Crippen LogP contribution in [0.3, 0.4) is 0 Å². The summed E-state index contributed by atoms with van der Waals surface area (Å²) in [6.45, 7) is 0. The van der Waals surface area contributed by atoms with Crippen LogP contribution in [-0.4, -0.2) is 118 Å². The first kappa shape index (κ1) is 40.6. The Bertz CT molecular complexity index is 608. The Balaban J connectivity index is 3.41. The third-order valence-corrected chi connectivity index (χ3v) is 13.6. The maximum absolute atomic E-state index is 12.1. The zero-order valence-corrected chi connectivity index (χ0v) is 29.3. The molecule has 0 rings (SSSR count). The number of carbonyl (C=O) groups excluding carboxylic acids is 3. The van der Waals surface area contributed by atoms with E-state index in [9.17, 15) is 18.9 Å². The average Bonchev–Trinajstić information content (AvgIpc) is 2.92. The van der Waals surface area contributed by atoms with E-state index in [1.54, 1.807) is 35.3 Å². The van der Waals surface area contributed by atoms with Crippen molar-refractivity contribution in [1.29, 1.82) is 0 Å². The summed E-state index contributed by atoms with van der Waals surface area (Å²) in [4.78, 5) is 35.1. The van der Waals surface area contributed by atoms with E-state index in [1.165, 1.54) is 58.8 Å². The van der Waals surface area contributed by atoms with E-state index in [0.29, 0.717) is 70.1 Å². The van der Waals surface area contributed by atoms with E-state index >= 15 is 0 Å². The van der Waals surface area contributed by atoms with Gasteiger partial charge >= 0.3 is 11.9 Å². The molecule has 1 unspecified atom stereocenters. The highest BCUT2D eigenvalue weighted by molar-refractivity contribution is 8.16. The van der Waals surface area contributed by atoms with Gasteiger partial charge in [-0.15, -0.1) is 47.0 Å². The molecule has 0 aliphatic heterocycles. The molecule has 0 aliphatic carbocycles. The Morgan fingerprint density at radius 1 is 0.615 bits per heavy atom. The Labute approximate surface area is 270 Å². The van der Waals surface area contributed by atoms with Gasteiger partial charge < -0.3 is 24.2 Å². The summed E-state index contributed by atoms with van der Waals surface area (Å²) < 4.78 is 22.3. The molecule has 230 valence electrons. The van der Waals surface area contributed by atoms with Crippen LogP contribution in [0.4, 0.5) is 0 Å². The van der Waals surface area contributed by atoms with Gasteiger partial charge in [0.15, 0.2) is 5.12 Å². The molecule has 0 radical (unpaired) electrons. The summed E-state index contributed by atoms with van der Waals surface area (Å²) in [5.41, 5.74) is 0. The van der Waals surface area contributed by atoms with Crippen molar-refractivity contribution in [3.8, 4) is 0 Å². The maximum Gasteiger partial charge on any atom is 0.307 e. The largest absolute Gasteiger partial charge is 0.616 e. The molecule has 17 heteroatoms. The van der Waals surface area contributed by atoms with Gasteiger partial charge in [-0.2, -0.15) is 35.3 Å². The Morgan fingerprint density at radius 2 is 1.15 bits per heavy atom. The molecule has 1 atom stereocenters. The Morgan fingerprint density at radius 3 is 1.74 bits per heavy atom. The SMILES string of the molecule is O=C(CCSCCC[S+]([O-])CCSCCSC(=O)CCSCCC(=O)OCSCSCO)OCSCSCO. The quantitative estimate of drug-likeness (QED) is 0.0486. The summed E-state index contributed by atoms with van der Waals surface area (Å²) in [5.74, 6) is 6.96. The van der Waals surface area contributed by atoms with E-state index < -0.39 is 11.2 Å². The first-order valence-electron chi connectivity index (χ1n) is 12.1. The molecule has 0 aromatic rings. The molecule has 39 heavy (non-hydrogen) atoms. The van der Waals surface area contributed by atoms with Crippen molar-refractivity contribution in [2.24, 2.45) is 0 Å². The van der Waals surface area contributed by atoms with E-state index in [0.717, 1.165) is 29.4 Å². The summed E-state index contributed by atoms with van der Waals surface area (Å²) in [5, 5.41) is 18.8. The molecule has 0 saturated carbocycles. The molecule has 0 heterocycles. The van der Waals surface area contributed by atoms with E-state index in [-0.39, 0.29) is 28.9 Å². The van der Waals surface area contributed by atoms with E-state index in [2.05, 4.69) is 0 Å². The number of aliphatic hydroxyl groups excluding tert-OH is 2. The molecule has 0 aromatic carbocycles. The van der Waals surface area contributed by atoms with Gasteiger partial charge in [-0.05, 0) is 5.75 Å². The molecule has 2 N–H and O–H groups in total. The minimum atomic E-state index is -0.838. The lowest BCUT2D eigenvalue weighted by atomic mass is 10.5. The summed E-state index contributed by atoms with van der Waals surface area (Å²) in [7, 11) is 0. The predicted octanol–water partition coefficient (Wildman–Crippen LogP) is 4.50. The minimum absolute atomic E-state index is 0.0640. The fraction of sp³-hybridized carbons (Fsp3) is 0.864. The van der Waals surface area contributed by atoms with Crippen molar-refractivity contribution in [3.05, 3.63) is 0 Å². The number of carbonyl (C=O) groups is 3. The lowest BCUT2D eigenvalue weighted by Crippen LogP contribution is -2.14. The normalized spacial score (nSPS) is 11.9. The van der Waals surface area contributed by atoms with Gasteiger partial charge in [0, 0.05) is 57.5 Å². The highest BCUT2D eigenvalue weighted by atomic mass is 32.2. The lowest BCUT2D eigenvalue weighted by molar-refractivity contribution is -0.141. The monoisotopic (exact) mass is 720 g/mol. The van der Waals surface area contributed by atoms with Gasteiger partial charge in [0.2, 0.25) is 0 Å². The highest BCUT2D eigenvalue weighted by Crippen LogP contribution is 2.15. The smallest absolute Gasteiger partial charge is 0.307 e. The van der Waals surface area contributed by atoms with Gasteiger partial charge in [0.1, 0.15) is 23.4 Å². The third kappa shape index (κ3) is 32.4. The van der Waals surface area contributed by atoms with Crippen molar-refractivity contribution in [2.75, 3.05) is 85.7 Å². The molecule has 0 spiro atoms. The minimum Gasteiger partial charge on any atom is -0.616 e. The van der Waals surface area contributed by atoms with Crippen LogP contribution in [-0.2, 0) is 35.0 Å². The fourth-order valence-electron chi connectivity index (χ4n) is 2.25. The molecule has 0 saturated heterocycles. The van der Waals surface area contributed by atoms with Crippen LogP contribution in [0.25, 0.3) is 0 Å². The number of rotatable bonds is 29. The predicted molar refractivity (Wildman–Crippen MR) is 182 cm³/mol. The Hall–Kier alpha value is 1.64. The van der Waals surface area contributed by atoms with Gasteiger partial charge in [-0.1, -0.05) is 22.9 Å². The molecular formula is C22H40O8S9. The van der Waals surface area contributed by atoms with Crippen LogP contribution in [0, 0.1) is 0 Å². The van der Waals surface area contributed by atoms with Crippen molar-refractivity contribution in [3.63, 3.8) is 0 Å². The van der Waals surface area contributed by atoms with Gasteiger partial charge in [-0.3, -0.25) is 14.4 Å². The van der Waals surface area contributed by atoms with Crippen LogP contribution in [0.1, 0.15) is 25.7 Å². The second-order valence-electron chi connectivity index (χ2n) is 7.09. The van der Waals surface area contributed by atoms with Crippen LogP contribution < -0.4 is 0 Å². The first-order valence-corrected chi connectivity index (χ1v) is 22.6. The van der Waals surface area contributed by atoms with Crippen molar-refractivity contribution < 1.29 is 38.6 Å². The molecule has 0 bridgehead atoms. The Kier molecular flexibility index (Phi) is 33.9. The second kappa shape index (κ2) is 32.6. The first-order chi connectivity index (χ1) is 19.0. The zero-order chi connectivity index (χ0) is 28.8. The molecule has 0 aromatic heterocycles. The molecular weight excluding hydrogens is 681 g/mol. The highest BCUT2D eigenvalue weighted by Gasteiger charge is 2.09. The lowest BCUT2D eigenvalue weighted by Gasteiger charge is -2.10. The number of ether oxygens (including phenoxy) is 2. The topological polar surface area (TPSA) is 133 Å². The van der Waals surface area contributed by atoms with E-state index in [4.69, 9.17) is 19.7 Å².